The molecule has 0 saturated heterocycles. The van der Waals surface area contributed by atoms with E-state index < -0.39 is 0 Å². The van der Waals surface area contributed by atoms with Gasteiger partial charge in [0.25, 0.3) is 0 Å². The number of benzene rings is 1. The molecule has 1 aromatic heterocycles. The van der Waals surface area contributed by atoms with Gasteiger partial charge in [-0.2, -0.15) is 0 Å². The maximum absolute atomic E-state index is 12.4. The highest BCUT2D eigenvalue weighted by Crippen LogP contribution is 2.28. The van der Waals surface area contributed by atoms with E-state index in [-0.39, 0.29) is 24.5 Å². The van der Waals surface area contributed by atoms with E-state index in [2.05, 4.69) is 49.5 Å². The molecule has 2 rings (SSSR count). The van der Waals surface area contributed by atoms with Crippen LogP contribution in [0, 0.1) is 0 Å². The van der Waals surface area contributed by atoms with Gasteiger partial charge in [-0.15, -0.1) is 11.3 Å². The summed E-state index contributed by atoms with van der Waals surface area (Å²) in [4.78, 5) is 13.5. The molecule has 2 aromatic rings. The van der Waals surface area contributed by atoms with Crippen molar-refractivity contribution < 1.29 is 9.53 Å². The van der Waals surface area contributed by atoms with Crippen LogP contribution in [0.3, 0.4) is 0 Å². The fourth-order valence-electron chi connectivity index (χ4n) is 2.72. The Bertz CT molecular complexity index is 636. The first kappa shape index (κ1) is 19.6. The average molecular weight is 361 g/mol. The number of hydrogen-bond acceptors (Lipinski definition) is 4. The highest BCUT2D eigenvalue weighted by Gasteiger charge is 2.20. The second-order valence-electron chi connectivity index (χ2n) is 6.29. The predicted molar refractivity (Wildman–Crippen MR) is 104 cm³/mol. The van der Waals surface area contributed by atoms with Crippen LogP contribution in [0.15, 0.2) is 41.8 Å². The Kier molecular flexibility index (Phi) is 7.62. The van der Waals surface area contributed by atoms with Crippen LogP contribution < -0.4 is 11.1 Å². The molecule has 136 valence electrons. The van der Waals surface area contributed by atoms with Gasteiger partial charge in [0.05, 0.1) is 18.6 Å². The van der Waals surface area contributed by atoms with E-state index in [0.717, 1.165) is 16.9 Å². The Balaban J connectivity index is 2.18. The van der Waals surface area contributed by atoms with Crippen molar-refractivity contribution in [3.8, 4) is 0 Å². The number of nitrogens with one attached hydrogen (secondary N) is 1. The molecule has 1 heterocycles. The molecule has 0 bridgehead atoms. The standard InChI is InChI=1S/C20H28N2O2S/c1-4-14(2)15-7-9-16(10-8-15)20(18-6-5-11-25-18)22-19(23)12-17(13-21)24-3/h5-11,14,17,20H,4,12-13,21H2,1-3H3,(H,22,23). The Labute approximate surface area is 154 Å². The minimum atomic E-state index is -0.253. The molecule has 0 aliphatic heterocycles. The average Bonchev–Trinajstić information content (AvgIpc) is 3.18. The topological polar surface area (TPSA) is 64.4 Å². The van der Waals surface area contributed by atoms with Crippen LogP contribution in [0.4, 0.5) is 0 Å². The molecule has 0 aliphatic carbocycles. The van der Waals surface area contributed by atoms with E-state index in [1.165, 1.54) is 5.56 Å². The van der Waals surface area contributed by atoms with Gasteiger partial charge in [-0.05, 0) is 34.9 Å². The number of methoxy groups -OCH3 is 1. The third-order valence-corrected chi connectivity index (χ3v) is 5.53. The van der Waals surface area contributed by atoms with E-state index in [4.69, 9.17) is 10.5 Å². The first-order valence-electron chi connectivity index (χ1n) is 8.74. The van der Waals surface area contributed by atoms with Crippen molar-refractivity contribution in [2.75, 3.05) is 13.7 Å². The largest absolute Gasteiger partial charge is 0.380 e. The summed E-state index contributed by atoms with van der Waals surface area (Å²) in [5.41, 5.74) is 8.03. The maximum atomic E-state index is 12.4. The lowest BCUT2D eigenvalue weighted by molar-refractivity contribution is -0.123. The van der Waals surface area contributed by atoms with Gasteiger partial charge in [0.1, 0.15) is 0 Å². The highest BCUT2D eigenvalue weighted by molar-refractivity contribution is 7.10. The summed E-state index contributed by atoms with van der Waals surface area (Å²) in [6.45, 7) is 4.75. The van der Waals surface area contributed by atoms with Crippen LogP contribution in [-0.2, 0) is 9.53 Å². The van der Waals surface area contributed by atoms with Crippen LogP contribution >= 0.6 is 11.3 Å². The Morgan fingerprint density at radius 3 is 2.44 bits per heavy atom. The predicted octanol–water partition coefficient (Wildman–Crippen LogP) is 3.83. The first-order chi connectivity index (χ1) is 12.1. The number of ether oxygens (including phenoxy) is 1. The van der Waals surface area contributed by atoms with Gasteiger partial charge in [0.15, 0.2) is 0 Å². The molecule has 0 radical (unpaired) electrons. The Morgan fingerprint density at radius 2 is 1.92 bits per heavy atom. The van der Waals surface area contributed by atoms with Gasteiger partial charge in [0.2, 0.25) is 5.91 Å². The number of nitrogens with two attached hydrogens (primary N) is 1. The van der Waals surface area contributed by atoms with Crippen LogP contribution in [0.2, 0.25) is 0 Å². The summed E-state index contributed by atoms with van der Waals surface area (Å²) in [6, 6.07) is 12.5. The van der Waals surface area contributed by atoms with Crippen molar-refractivity contribution in [3.05, 3.63) is 57.8 Å². The Hall–Kier alpha value is -1.69. The van der Waals surface area contributed by atoms with E-state index >= 15 is 0 Å². The van der Waals surface area contributed by atoms with Crippen molar-refractivity contribution in [3.63, 3.8) is 0 Å². The molecule has 0 saturated carbocycles. The summed E-state index contributed by atoms with van der Waals surface area (Å²) in [6.07, 6.45) is 1.12. The zero-order chi connectivity index (χ0) is 18.2. The Morgan fingerprint density at radius 1 is 1.24 bits per heavy atom. The SMILES string of the molecule is CCC(C)c1ccc(C(NC(=O)CC(CN)OC)c2cccs2)cc1. The zero-order valence-electron chi connectivity index (χ0n) is 15.2. The smallest absolute Gasteiger partial charge is 0.223 e. The molecular formula is C20H28N2O2S. The summed E-state index contributed by atoms with van der Waals surface area (Å²) in [7, 11) is 1.58. The number of amides is 1. The van der Waals surface area contributed by atoms with Crippen molar-refractivity contribution in [2.24, 2.45) is 5.73 Å². The van der Waals surface area contributed by atoms with Gasteiger partial charge in [-0.3, -0.25) is 4.79 Å². The van der Waals surface area contributed by atoms with Crippen LogP contribution in [-0.4, -0.2) is 25.7 Å². The lowest BCUT2D eigenvalue weighted by Crippen LogP contribution is -2.34. The van der Waals surface area contributed by atoms with Crippen molar-refractivity contribution >= 4 is 17.2 Å². The molecule has 5 heteroatoms. The van der Waals surface area contributed by atoms with Crippen LogP contribution in [0.1, 0.15) is 54.7 Å². The zero-order valence-corrected chi connectivity index (χ0v) is 16.0. The van der Waals surface area contributed by atoms with Crippen LogP contribution in [0.5, 0.6) is 0 Å². The molecule has 3 unspecified atom stereocenters. The fourth-order valence-corrected chi connectivity index (χ4v) is 3.52. The normalized spacial score (nSPS) is 14.7. The van der Waals surface area contributed by atoms with E-state index in [1.807, 2.05) is 11.4 Å². The second kappa shape index (κ2) is 9.70. The van der Waals surface area contributed by atoms with Gasteiger partial charge >= 0.3 is 0 Å². The number of thiophene rings is 1. The molecule has 0 fully saturated rings. The van der Waals surface area contributed by atoms with Gasteiger partial charge < -0.3 is 15.8 Å². The van der Waals surface area contributed by atoms with E-state index in [9.17, 15) is 4.79 Å². The third kappa shape index (κ3) is 5.39. The van der Waals surface area contributed by atoms with Gasteiger partial charge in [-0.25, -0.2) is 0 Å². The molecule has 0 spiro atoms. The summed E-state index contributed by atoms with van der Waals surface area (Å²) in [5.74, 6) is 0.484. The summed E-state index contributed by atoms with van der Waals surface area (Å²) >= 11 is 1.64. The number of carbonyl (C=O) groups excluding carboxylic acids is 1. The van der Waals surface area contributed by atoms with Gasteiger partial charge in [-0.1, -0.05) is 44.2 Å². The fraction of sp³-hybridized carbons (Fsp3) is 0.450. The van der Waals surface area contributed by atoms with Crippen molar-refractivity contribution in [2.45, 2.75) is 44.8 Å². The quantitative estimate of drug-likeness (QED) is 0.714. The third-order valence-electron chi connectivity index (χ3n) is 4.59. The maximum Gasteiger partial charge on any atom is 0.223 e. The second-order valence-corrected chi connectivity index (χ2v) is 7.27. The lowest BCUT2D eigenvalue weighted by Gasteiger charge is -2.21. The number of carbonyl (C=O) groups is 1. The van der Waals surface area contributed by atoms with Gasteiger partial charge in [0, 0.05) is 18.5 Å². The molecule has 25 heavy (non-hydrogen) atoms. The summed E-state index contributed by atoms with van der Waals surface area (Å²) in [5, 5.41) is 5.16. The molecule has 3 atom stereocenters. The molecule has 4 nitrogen and oxygen atoms in total. The summed E-state index contributed by atoms with van der Waals surface area (Å²) < 4.78 is 5.22. The number of hydrogen-bond donors (Lipinski definition) is 2. The minimum Gasteiger partial charge on any atom is -0.380 e. The van der Waals surface area contributed by atoms with Crippen molar-refractivity contribution in [1.29, 1.82) is 0 Å². The lowest BCUT2D eigenvalue weighted by atomic mass is 9.95. The molecule has 3 N–H and O–H groups in total. The monoisotopic (exact) mass is 360 g/mol. The molecule has 1 amide bonds. The van der Waals surface area contributed by atoms with E-state index in [1.54, 1.807) is 18.4 Å². The molecular weight excluding hydrogens is 332 g/mol. The minimum absolute atomic E-state index is 0.0540. The van der Waals surface area contributed by atoms with Crippen LogP contribution in [0.25, 0.3) is 0 Å². The first-order valence-corrected chi connectivity index (χ1v) is 9.62. The molecule has 1 aromatic carbocycles. The molecule has 0 aliphatic rings. The highest BCUT2D eigenvalue weighted by atomic mass is 32.1. The number of rotatable bonds is 9. The van der Waals surface area contributed by atoms with Crippen molar-refractivity contribution in [1.82, 2.24) is 5.32 Å². The van der Waals surface area contributed by atoms with E-state index in [0.29, 0.717) is 12.5 Å².